The van der Waals surface area contributed by atoms with E-state index in [4.69, 9.17) is 4.74 Å². The van der Waals surface area contributed by atoms with E-state index in [1.54, 1.807) is 7.11 Å². The number of nitrogens with one attached hydrogen (secondary N) is 1. The van der Waals surface area contributed by atoms with Crippen LogP contribution in [0.2, 0.25) is 0 Å². The third kappa shape index (κ3) is 2.97. The third-order valence-electron chi connectivity index (χ3n) is 4.33. The van der Waals surface area contributed by atoms with Gasteiger partial charge in [-0.05, 0) is 61.4 Å². The van der Waals surface area contributed by atoms with Gasteiger partial charge in [0.1, 0.15) is 11.8 Å². The third-order valence-corrected chi connectivity index (χ3v) is 4.33. The summed E-state index contributed by atoms with van der Waals surface area (Å²) in [6, 6.07) is 12.3. The Hall–Kier alpha value is -2.82. The summed E-state index contributed by atoms with van der Waals surface area (Å²) < 4.78 is 5.12. The fourth-order valence-electron chi connectivity index (χ4n) is 2.77. The number of nitrogens with zero attached hydrogens (tertiary/aromatic N) is 1. The Labute approximate surface area is 141 Å². The zero-order chi connectivity index (χ0) is 17.3. The van der Waals surface area contributed by atoms with Gasteiger partial charge < -0.3 is 10.1 Å². The maximum absolute atomic E-state index is 12.7. The molecule has 0 radical (unpaired) electrons. The molecule has 2 amide bonds. The van der Waals surface area contributed by atoms with E-state index in [2.05, 4.69) is 5.32 Å². The van der Waals surface area contributed by atoms with Gasteiger partial charge in [0.05, 0.1) is 19.2 Å². The second-order valence-corrected chi connectivity index (χ2v) is 5.97. The molecule has 0 aromatic heterocycles. The van der Waals surface area contributed by atoms with E-state index in [1.165, 1.54) is 4.90 Å². The second kappa shape index (κ2) is 6.35. The number of anilines is 2. The predicted octanol–water partition coefficient (Wildman–Crippen LogP) is 3.06. The Bertz CT molecular complexity index is 784. The van der Waals surface area contributed by atoms with Crippen LogP contribution in [0, 0.1) is 13.8 Å². The van der Waals surface area contributed by atoms with Crippen LogP contribution >= 0.6 is 0 Å². The Kier molecular flexibility index (Phi) is 4.25. The van der Waals surface area contributed by atoms with E-state index in [1.807, 2.05) is 56.3 Å². The van der Waals surface area contributed by atoms with Crippen molar-refractivity contribution >= 4 is 23.2 Å². The molecule has 0 aliphatic carbocycles. The molecule has 1 saturated heterocycles. The SMILES string of the molecule is COc1ccc(N[C@H]2CC(=O)N(c3ccc(C)c(C)c3)C2=O)cc1. The molecule has 0 bridgehead atoms. The van der Waals surface area contributed by atoms with Crippen molar-refractivity contribution in [3.05, 3.63) is 53.6 Å². The topological polar surface area (TPSA) is 58.6 Å². The van der Waals surface area contributed by atoms with Gasteiger partial charge in [-0.2, -0.15) is 0 Å². The smallest absolute Gasteiger partial charge is 0.256 e. The lowest BCUT2D eigenvalue weighted by atomic mass is 10.1. The lowest BCUT2D eigenvalue weighted by molar-refractivity contribution is -0.121. The van der Waals surface area contributed by atoms with E-state index in [0.717, 1.165) is 22.6 Å². The van der Waals surface area contributed by atoms with Gasteiger partial charge in [-0.1, -0.05) is 6.07 Å². The van der Waals surface area contributed by atoms with Gasteiger partial charge in [0.25, 0.3) is 5.91 Å². The average molecular weight is 324 g/mol. The molecule has 2 aromatic rings. The quantitative estimate of drug-likeness (QED) is 0.878. The van der Waals surface area contributed by atoms with Crippen molar-refractivity contribution < 1.29 is 14.3 Å². The Morgan fingerprint density at radius 2 is 1.75 bits per heavy atom. The van der Waals surface area contributed by atoms with Crippen molar-refractivity contribution in [2.75, 3.05) is 17.3 Å². The molecule has 1 aliphatic heterocycles. The van der Waals surface area contributed by atoms with Crippen LogP contribution in [0.5, 0.6) is 5.75 Å². The molecule has 2 aromatic carbocycles. The number of methoxy groups -OCH3 is 1. The molecule has 124 valence electrons. The molecule has 1 heterocycles. The molecule has 1 N–H and O–H groups in total. The number of hydrogen-bond acceptors (Lipinski definition) is 4. The molecule has 0 saturated carbocycles. The van der Waals surface area contributed by atoms with Crippen LogP contribution in [0.15, 0.2) is 42.5 Å². The Balaban J connectivity index is 1.79. The summed E-state index contributed by atoms with van der Waals surface area (Å²) in [5, 5.41) is 3.13. The highest BCUT2D eigenvalue weighted by atomic mass is 16.5. The molecule has 3 rings (SSSR count). The highest BCUT2D eigenvalue weighted by Crippen LogP contribution is 2.27. The summed E-state index contributed by atoms with van der Waals surface area (Å²) in [6.07, 6.45) is 0.151. The number of carbonyl (C=O) groups excluding carboxylic acids is 2. The number of imide groups is 1. The van der Waals surface area contributed by atoms with Gasteiger partial charge >= 0.3 is 0 Å². The lowest BCUT2D eigenvalue weighted by Crippen LogP contribution is -2.34. The number of ether oxygens (including phenoxy) is 1. The average Bonchev–Trinajstić information content (AvgIpc) is 2.85. The van der Waals surface area contributed by atoms with Crippen LogP contribution in [0.25, 0.3) is 0 Å². The van der Waals surface area contributed by atoms with Crippen molar-refractivity contribution in [3.8, 4) is 5.75 Å². The van der Waals surface area contributed by atoms with Gasteiger partial charge in [0.15, 0.2) is 0 Å². The molecule has 1 fully saturated rings. The number of benzene rings is 2. The fourth-order valence-corrected chi connectivity index (χ4v) is 2.77. The molecule has 0 spiro atoms. The van der Waals surface area contributed by atoms with Gasteiger partial charge in [-0.25, -0.2) is 4.90 Å². The minimum absolute atomic E-state index is 0.151. The molecular weight excluding hydrogens is 304 g/mol. The van der Waals surface area contributed by atoms with Crippen LogP contribution in [-0.4, -0.2) is 25.0 Å². The molecule has 0 unspecified atom stereocenters. The second-order valence-electron chi connectivity index (χ2n) is 5.97. The zero-order valence-electron chi connectivity index (χ0n) is 14.0. The predicted molar refractivity (Wildman–Crippen MR) is 93.4 cm³/mol. The molecule has 5 nitrogen and oxygen atoms in total. The van der Waals surface area contributed by atoms with E-state index in [-0.39, 0.29) is 18.2 Å². The first kappa shape index (κ1) is 16.1. The summed E-state index contributed by atoms with van der Waals surface area (Å²) in [4.78, 5) is 26.3. The summed E-state index contributed by atoms with van der Waals surface area (Å²) in [6.45, 7) is 3.97. The van der Waals surface area contributed by atoms with Gasteiger partial charge in [0.2, 0.25) is 5.91 Å². The summed E-state index contributed by atoms with van der Waals surface area (Å²) in [7, 11) is 1.60. The van der Waals surface area contributed by atoms with Crippen LogP contribution in [0.3, 0.4) is 0 Å². The first-order valence-electron chi connectivity index (χ1n) is 7.84. The minimum atomic E-state index is -0.549. The normalized spacial score (nSPS) is 17.3. The monoisotopic (exact) mass is 324 g/mol. The maximum atomic E-state index is 12.7. The number of amides is 2. The van der Waals surface area contributed by atoms with E-state index in [9.17, 15) is 9.59 Å². The van der Waals surface area contributed by atoms with E-state index in [0.29, 0.717) is 5.69 Å². The lowest BCUT2D eigenvalue weighted by Gasteiger charge is -2.17. The first-order chi connectivity index (χ1) is 11.5. The number of rotatable bonds is 4. The largest absolute Gasteiger partial charge is 0.497 e. The summed E-state index contributed by atoms with van der Waals surface area (Å²) >= 11 is 0. The fraction of sp³-hybridized carbons (Fsp3) is 0.263. The van der Waals surface area contributed by atoms with Gasteiger partial charge in [-0.3, -0.25) is 9.59 Å². The molecule has 1 aliphatic rings. The number of hydrogen-bond donors (Lipinski definition) is 1. The van der Waals surface area contributed by atoms with Crippen LogP contribution in [-0.2, 0) is 9.59 Å². The Morgan fingerprint density at radius 1 is 1.04 bits per heavy atom. The maximum Gasteiger partial charge on any atom is 0.256 e. The molecule has 24 heavy (non-hydrogen) atoms. The van der Waals surface area contributed by atoms with Crippen molar-refractivity contribution in [1.29, 1.82) is 0 Å². The highest BCUT2D eigenvalue weighted by molar-refractivity contribution is 6.23. The van der Waals surface area contributed by atoms with E-state index >= 15 is 0 Å². The number of carbonyl (C=O) groups is 2. The van der Waals surface area contributed by atoms with Crippen LogP contribution in [0.1, 0.15) is 17.5 Å². The minimum Gasteiger partial charge on any atom is -0.497 e. The van der Waals surface area contributed by atoms with E-state index < -0.39 is 6.04 Å². The first-order valence-corrected chi connectivity index (χ1v) is 7.84. The van der Waals surface area contributed by atoms with Crippen molar-refractivity contribution in [3.63, 3.8) is 0 Å². The number of aryl methyl sites for hydroxylation is 2. The Morgan fingerprint density at radius 3 is 2.38 bits per heavy atom. The standard InChI is InChI=1S/C19H20N2O3/c1-12-4-7-15(10-13(12)2)21-18(22)11-17(19(21)23)20-14-5-8-16(24-3)9-6-14/h4-10,17,20H,11H2,1-3H3/t17-/m0/s1. The molecule has 5 heteroatoms. The van der Waals surface area contributed by atoms with Crippen LogP contribution in [0.4, 0.5) is 11.4 Å². The summed E-state index contributed by atoms with van der Waals surface area (Å²) in [5.74, 6) is 0.333. The van der Waals surface area contributed by atoms with Crippen molar-refractivity contribution in [2.45, 2.75) is 26.3 Å². The van der Waals surface area contributed by atoms with Crippen LogP contribution < -0.4 is 15.0 Å². The highest BCUT2D eigenvalue weighted by Gasteiger charge is 2.39. The summed E-state index contributed by atoms with van der Waals surface area (Å²) in [5.41, 5.74) is 3.60. The molecular formula is C19H20N2O3. The van der Waals surface area contributed by atoms with Gasteiger partial charge in [0, 0.05) is 5.69 Å². The van der Waals surface area contributed by atoms with Gasteiger partial charge in [-0.15, -0.1) is 0 Å². The molecule has 1 atom stereocenters. The zero-order valence-corrected chi connectivity index (χ0v) is 14.0. The van der Waals surface area contributed by atoms with Crippen molar-refractivity contribution in [1.82, 2.24) is 0 Å². The van der Waals surface area contributed by atoms with Crippen molar-refractivity contribution in [2.24, 2.45) is 0 Å².